The number of piperazine rings is 2. The van der Waals surface area contributed by atoms with Gasteiger partial charge in [0.15, 0.2) is 5.82 Å². The number of aryl methyl sites for hydroxylation is 1. The number of rotatable bonds is 11. The lowest BCUT2D eigenvalue weighted by molar-refractivity contribution is -0.136. The molecule has 6 aromatic rings. The first-order valence-electron chi connectivity index (χ1n) is 21.6. The molecule has 2 N–H and O–H groups in total. The Bertz CT molecular complexity index is 2880. The summed E-state index contributed by atoms with van der Waals surface area (Å²) < 4.78 is 2.63. The van der Waals surface area contributed by atoms with Gasteiger partial charge < -0.3 is 14.9 Å². The molecule has 0 bridgehead atoms. The lowest BCUT2D eigenvalue weighted by Gasteiger charge is -2.39. The lowest BCUT2D eigenvalue weighted by Crippen LogP contribution is -2.52. The third-order valence-electron chi connectivity index (χ3n) is 12.3. The molecule has 6 heterocycles. The molecule has 326 valence electrons. The van der Waals surface area contributed by atoms with Gasteiger partial charge in [-0.1, -0.05) is 30.3 Å². The molecule has 9 rings (SSSR count). The molecule has 0 aliphatic carbocycles. The van der Waals surface area contributed by atoms with Crippen LogP contribution in [-0.2, 0) is 16.1 Å². The molecule has 3 aliphatic rings. The summed E-state index contributed by atoms with van der Waals surface area (Å²) in [5.74, 6) is -0.256. The molecule has 17 nitrogen and oxygen atoms in total. The van der Waals surface area contributed by atoms with E-state index in [1.54, 1.807) is 30.3 Å². The van der Waals surface area contributed by atoms with E-state index >= 15 is 0 Å². The monoisotopic (exact) mass is 860 g/mol. The summed E-state index contributed by atoms with van der Waals surface area (Å²) in [7, 11) is 0. The Labute approximate surface area is 368 Å². The maximum atomic E-state index is 13.4. The number of aliphatic hydroxyl groups is 1. The zero-order chi connectivity index (χ0) is 44.3. The number of benzene rings is 3. The van der Waals surface area contributed by atoms with Crippen molar-refractivity contribution in [2.75, 3.05) is 75.2 Å². The number of nitrogens with one attached hydrogen (secondary N) is 1. The van der Waals surface area contributed by atoms with Crippen molar-refractivity contribution in [3.63, 3.8) is 0 Å². The Balaban J connectivity index is 0.740. The largest absolute Gasteiger partial charge is 0.390 e. The number of imide groups is 1. The van der Waals surface area contributed by atoms with Gasteiger partial charge in [0.1, 0.15) is 6.04 Å². The van der Waals surface area contributed by atoms with Crippen molar-refractivity contribution < 1.29 is 14.7 Å². The van der Waals surface area contributed by atoms with Crippen molar-refractivity contribution in [1.29, 1.82) is 5.26 Å². The molecule has 3 saturated heterocycles. The van der Waals surface area contributed by atoms with Gasteiger partial charge in [-0.3, -0.25) is 34.3 Å². The minimum atomic E-state index is -0.808. The number of β-amino-alcohol motifs (C(OH)–C–C–N with tert-alkyl or cyclic N) is 1. The van der Waals surface area contributed by atoms with Crippen molar-refractivity contribution in [2.24, 2.45) is 0 Å². The second kappa shape index (κ2) is 18.3. The van der Waals surface area contributed by atoms with Gasteiger partial charge in [0.05, 0.1) is 59.1 Å². The van der Waals surface area contributed by atoms with Gasteiger partial charge in [-0.15, -0.1) is 0 Å². The molecule has 0 spiro atoms. The number of nitrogens with zero attached hydrogens (tertiary/aromatic N) is 11. The summed E-state index contributed by atoms with van der Waals surface area (Å²) >= 11 is 0. The molecule has 0 radical (unpaired) electrons. The minimum absolute atomic E-state index is 0.168. The highest BCUT2D eigenvalue weighted by Gasteiger charge is 2.31. The van der Waals surface area contributed by atoms with Gasteiger partial charge in [0.25, 0.3) is 17.0 Å². The number of piperidine rings is 1. The van der Waals surface area contributed by atoms with E-state index < -0.39 is 18.1 Å². The van der Waals surface area contributed by atoms with Crippen molar-refractivity contribution in [3.8, 4) is 28.7 Å². The Hall–Kier alpha value is -7.13. The number of amides is 2. The first-order valence-corrected chi connectivity index (χ1v) is 21.6. The maximum Gasteiger partial charge on any atom is 0.275 e. The van der Waals surface area contributed by atoms with Gasteiger partial charge in [-0.25, -0.2) is 19.3 Å². The Morgan fingerprint density at radius 1 is 0.766 bits per heavy atom. The van der Waals surface area contributed by atoms with Crippen LogP contribution in [0.25, 0.3) is 33.4 Å². The number of hydrogen-bond donors (Lipinski definition) is 2. The highest BCUT2D eigenvalue weighted by Crippen LogP contribution is 2.26. The molecule has 2 amide bonds. The molecule has 17 heteroatoms. The normalized spacial score (nSPS) is 17.9. The van der Waals surface area contributed by atoms with Crippen LogP contribution in [-0.4, -0.2) is 128 Å². The van der Waals surface area contributed by atoms with Crippen molar-refractivity contribution in [1.82, 2.24) is 44.6 Å². The second-order valence-electron chi connectivity index (χ2n) is 16.6. The highest BCUT2D eigenvalue weighted by molar-refractivity contribution is 5.99. The predicted molar refractivity (Wildman–Crippen MR) is 241 cm³/mol. The van der Waals surface area contributed by atoms with E-state index in [0.717, 1.165) is 85.8 Å². The van der Waals surface area contributed by atoms with Gasteiger partial charge in [0.2, 0.25) is 5.91 Å². The van der Waals surface area contributed by atoms with Crippen LogP contribution in [0, 0.1) is 18.3 Å². The third-order valence-corrected chi connectivity index (χ3v) is 12.3. The summed E-state index contributed by atoms with van der Waals surface area (Å²) in [6.45, 7) is 9.60. The summed E-state index contributed by atoms with van der Waals surface area (Å²) in [4.78, 5) is 68.8. The number of fused-ring (bicyclic) bond motifs is 1. The zero-order valence-electron chi connectivity index (χ0n) is 35.5. The van der Waals surface area contributed by atoms with E-state index in [4.69, 9.17) is 9.97 Å². The van der Waals surface area contributed by atoms with Crippen LogP contribution in [0.1, 0.15) is 35.7 Å². The quantitative estimate of drug-likeness (QED) is 0.180. The molecule has 64 heavy (non-hydrogen) atoms. The average Bonchev–Trinajstić information content (AvgIpc) is 3.31. The number of carbonyl (C=O) groups excluding carboxylic acids is 2. The van der Waals surface area contributed by atoms with Gasteiger partial charge in [0, 0.05) is 100 Å². The van der Waals surface area contributed by atoms with Crippen LogP contribution >= 0.6 is 0 Å². The molecule has 3 aromatic carbocycles. The maximum absolute atomic E-state index is 13.4. The number of nitriles is 1. The highest BCUT2D eigenvalue weighted by atomic mass is 16.3. The van der Waals surface area contributed by atoms with Crippen molar-refractivity contribution >= 4 is 34.0 Å². The molecule has 0 saturated carbocycles. The fourth-order valence-electron chi connectivity index (χ4n) is 8.84. The number of aromatic nitrogens is 6. The molecule has 3 aromatic heterocycles. The standard InChI is InChI=1S/C47H48N12O5/c1-31-40-24-36(8-9-39(40)47(64)59(52-31)42-11-12-43(61)51-46(42)63)56-18-14-54(15-19-56)29-38(60)30-55-16-20-57(21-17-55)37-26-49-45(50-27-37)35-7-3-5-33(23-35)28-58-44(62)13-10-41(53-58)34-6-2-4-32(22-34)25-48/h2-10,13,22-24,26-27,38,42,60H,11-12,14-21,28-30H2,1H3,(H,51,61,63). The fraction of sp³-hybridized carbons (Fsp3) is 0.340. The van der Waals surface area contributed by atoms with E-state index in [2.05, 4.69) is 41.2 Å². The van der Waals surface area contributed by atoms with E-state index in [1.807, 2.05) is 61.8 Å². The van der Waals surface area contributed by atoms with Gasteiger partial charge in [-0.2, -0.15) is 15.5 Å². The van der Waals surface area contributed by atoms with Crippen LogP contribution in [0.15, 0.2) is 101 Å². The zero-order valence-corrected chi connectivity index (χ0v) is 35.5. The first-order chi connectivity index (χ1) is 31.1. The van der Waals surface area contributed by atoms with Crippen LogP contribution in [0.5, 0.6) is 0 Å². The SMILES string of the molecule is Cc1nn(C2CCC(=O)NC2=O)c(=O)c2ccc(N3CCN(CC(O)CN4CCN(c5cnc(-c6cccc(Cn7nc(-c8cccc(C#N)c8)ccc7=O)c6)nc5)CC4)CC3)cc12. The van der Waals surface area contributed by atoms with E-state index in [9.17, 15) is 29.5 Å². The van der Waals surface area contributed by atoms with Crippen LogP contribution in [0.3, 0.4) is 0 Å². The van der Waals surface area contributed by atoms with Crippen LogP contribution in [0.2, 0.25) is 0 Å². The average molecular weight is 861 g/mol. The lowest BCUT2D eigenvalue weighted by atomic mass is 10.1. The van der Waals surface area contributed by atoms with Crippen LogP contribution in [0.4, 0.5) is 11.4 Å². The second-order valence-corrected chi connectivity index (χ2v) is 16.6. The number of hydrogen-bond acceptors (Lipinski definition) is 14. The fourth-order valence-corrected chi connectivity index (χ4v) is 8.84. The van der Waals surface area contributed by atoms with Crippen molar-refractivity contribution in [2.45, 2.75) is 38.5 Å². The topological polar surface area (TPSA) is 199 Å². The summed E-state index contributed by atoms with van der Waals surface area (Å²) in [5, 5.41) is 33.0. The van der Waals surface area contributed by atoms with Gasteiger partial charge >= 0.3 is 0 Å². The van der Waals surface area contributed by atoms with Crippen molar-refractivity contribution in [3.05, 3.63) is 129 Å². The first kappa shape index (κ1) is 42.2. The number of carbonyl (C=O) groups is 2. The smallest absolute Gasteiger partial charge is 0.275 e. The predicted octanol–water partition coefficient (Wildman–Crippen LogP) is 2.59. The van der Waals surface area contributed by atoms with Gasteiger partial charge in [-0.05, 0) is 61.4 Å². The Kier molecular flexibility index (Phi) is 12.1. The summed E-state index contributed by atoms with van der Waals surface area (Å²) in [6, 6.07) is 25.1. The van der Waals surface area contributed by atoms with E-state index in [1.165, 1.54) is 15.4 Å². The minimum Gasteiger partial charge on any atom is -0.390 e. The Morgan fingerprint density at radius 2 is 1.45 bits per heavy atom. The molecule has 2 unspecified atom stereocenters. The molecule has 3 aliphatic heterocycles. The molecule has 3 fully saturated rings. The van der Waals surface area contributed by atoms with E-state index in [-0.39, 0.29) is 36.4 Å². The molecular formula is C47H48N12O5. The summed E-state index contributed by atoms with van der Waals surface area (Å²) in [5.41, 5.74) is 5.61. The number of aliphatic hydroxyl groups excluding tert-OH is 1. The van der Waals surface area contributed by atoms with Crippen LogP contribution < -0.4 is 26.2 Å². The third kappa shape index (κ3) is 9.16. The Morgan fingerprint density at radius 3 is 2.16 bits per heavy atom. The molecule has 2 atom stereocenters. The van der Waals surface area contributed by atoms with E-state index in [0.29, 0.717) is 41.3 Å². The number of anilines is 2. The summed E-state index contributed by atoms with van der Waals surface area (Å²) in [6.07, 6.45) is 3.62. The molecular weight excluding hydrogens is 813 g/mol.